The number of hydrogen-bond donors (Lipinski definition) is 3. The summed E-state index contributed by atoms with van der Waals surface area (Å²) in [5.74, 6) is -1.24. The Kier molecular flexibility index (Phi) is 5.21. The number of carbonyl (C=O) groups excluding carboxylic acids is 1. The number of nitrogens with one attached hydrogen (secondary N) is 1. The summed E-state index contributed by atoms with van der Waals surface area (Å²) in [5, 5.41) is 11.2. The Morgan fingerprint density at radius 2 is 2.31 bits per heavy atom. The van der Waals surface area contributed by atoms with Gasteiger partial charge in [-0.1, -0.05) is 0 Å². The Bertz CT molecular complexity index is 251. The summed E-state index contributed by atoms with van der Waals surface area (Å²) >= 11 is 0. The fourth-order valence-electron chi connectivity index (χ4n) is 1.57. The first kappa shape index (κ1) is 12.9. The van der Waals surface area contributed by atoms with Crippen LogP contribution in [-0.4, -0.2) is 42.3 Å². The zero-order valence-electron chi connectivity index (χ0n) is 9.15. The van der Waals surface area contributed by atoms with Gasteiger partial charge in [0, 0.05) is 13.0 Å². The Labute approximate surface area is 94.1 Å². The van der Waals surface area contributed by atoms with Crippen molar-refractivity contribution < 1.29 is 19.4 Å². The molecule has 1 aliphatic heterocycles. The topological polar surface area (TPSA) is 102 Å². The SMILES string of the molecule is NC(CCC(=O)O)C(=O)NC1CCCOC1. The van der Waals surface area contributed by atoms with E-state index in [2.05, 4.69) is 5.32 Å². The molecule has 2 atom stereocenters. The monoisotopic (exact) mass is 230 g/mol. The lowest BCUT2D eigenvalue weighted by Crippen LogP contribution is -2.48. The maximum atomic E-state index is 11.5. The molecule has 0 aromatic heterocycles. The normalized spacial score (nSPS) is 22.4. The lowest BCUT2D eigenvalue weighted by atomic mass is 10.1. The third-order valence-corrected chi connectivity index (χ3v) is 2.51. The van der Waals surface area contributed by atoms with Crippen LogP contribution in [0.15, 0.2) is 0 Å². The molecule has 92 valence electrons. The lowest BCUT2D eigenvalue weighted by molar-refractivity contribution is -0.137. The number of nitrogens with two attached hydrogens (primary N) is 1. The minimum atomic E-state index is -0.941. The predicted molar refractivity (Wildman–Crippen MR) is 56.8 cm³/mol. The molecule has 1 amide bonds. The molecule has 1 saturated heterocycles. The smallest absolute Gasteiger partial charge is 0.303 e. The van der Waals surface area contributed by atoms with E-state index in [4.69, 9.17) is 15.6 Å². The van der Waals surface area contributed by atoms with Crippen LogP contribution in [-0.2, 0) is 14.3 Å². The summed E-state index contributed by atoms with van der Waals surface area (Å²) in [7, 11) is 0. The molecule has 6 heteroatoms. The first-order chi connectivity index (χ1) is 7.59. The van der Waals surface area contributed by atoms with Crippen molar-refractivity contribution >= 4 is 11.9 Å². The van der Waals surface area contributed by atoms with Gasteiger partial charge in [-0.15, -0.1) is 0 Å². The van der Waals surface area contributed by atoms with Crippen LogP contribution in [0.5, 0.6) is 0 Å². The molecular formula is C10H18N2O4. The van der Waals surface area contributed by atoms with Crippen LogP contribution in [0.2, 0.25) is 0 Å². The molecule has 0 bridgehead atoms. The van der Waals surface area contributed by atoms with Crippen molar-refractivity contribution in [3.63, 3.8) is 0 Å². The lowest BCUT2D eigenvalue weighted by Gasteiger charge is -2.24. The molecule has 0 spiro atoms. The maximum absolute atomic E-state index is 11.5. The first-order valence-electron chi connectivity index (χ1n) is 5.45. The number of hydrogen-bond acceptors (Lipinski definition) is 4. The number of aliphatic carboxylic acids is 1. The average molecular weight is 230 g/mol. The van der Waals surface area contributed by atoms with E-state index in [9.17, 15) is 9.59 Å². The molecule has 1 heterocycles. The van der Waals surface area contributed by atoms with Gasteiger partial charge < -0.3 is 20.9 Å². The van der Waals surface area contributed by atoms with Crippen molar-refractivity contribution in [2.45, 2.75) is 37.8 Å². The van der Waals surface area contributed by atoms with Crippen molar-refractivity contribution in [1.29, 1.82) is 0 Å². The van der Waals surface area contributed by atoms with Gasteiger partial charge in [0.1, 0.15) is 0 Å². The van der Waals surface area contributed by atoms with Crippen molar-refractivity contribution in [2.75, 3.05) is 13.2 Å². The minimum absolute atomic E-state index is 0.0112. The van der Waals surface area contributed by atoms with E-state index in [1.165, 1.54) is 0 Å². The molecule has 0 aromatic carbocycles. The Balaban J connectivity index is 2.24. The van der Waals surface area contributed by atoms with E-state index in [1.807, 2.05) is 0 Å². The number of ether oxygens (including phenoxy) is 1. The summed E-state index contributed by atoms with van der Waals surface area (Å²) < 4.78 is 5.21. The van der Waals surface area contributed by atoms with Crippen LogP contribution < -0.4 is 11.1 Å². The van der Waals surface area contributed by atoms with Crippen LogP contribution in [0.4, 0.5) is 0 Å². The number of amides is 1. The Morgan fingerprint density at radius 3 is 2.88 bits per heavy atom. The maximum Gasteiger partial charge on any atom is 0.303 e. The molecule has 0 aromatic rings. The summed E-state index contributed by atoms with van der Waals surface area (Å²) in [4.78, 5) is 21.8. The number of carboxylic acids is 1. The van der Waals surface area contributed by atoms with Crippen molar-refractivity contribution in [3.05, 3.63) is 0 Å². The van der Waals surface area contributed by atoms with E-state index in [0.717, 1.165) is 19.4 Å². The summed E-state index contributed by atoms with van der Waals surface area (Å²) in [6.07, 6.45) is 1.89. The fraction of sp³-hybridized carbons (Fsp3) is 0.800. The number of carbonyl (C=O) groups is 2. The number of carboxylic acid groups (broad SMARTS) is 1. The van der Waals surface area contributed by atoms with Crippen molar-refractivity contribution in [2.24, 2.45) is 5.73 Å². The highest BCUT2D eigenvalue weighted by Gasteiger charge is 2.20. The van der Waals surface area contributed by atoms with E-state index >= 15 is 0 Å². The second-order valence-corrected chi connectivity index (χ2v) is 3.96. The van der Waals surface area contributed by atoms with Crippen molar-refractivity contribution in [3.8, 4) is 0 Å². The minimum Gasteiger partial charge on any atom is -0.481 e. The van der Waals surface area contributed by atoms with Gasteiger partial charge in [-0.3, -0.25) is 9.59 Å². The molecule has 0 radical (unpaired) electrons. The van der Waals surface area contributed by atoms with Gasteiger partial charge >= 0.3 is 5.97 Å². The van der Waals surface area contributed by atoms with Gasteiger partial charge in [0.15, 0.2) is 0 Å². The van der Waals surface area contributed by atoms with E-state index in [1.54, 1.807) is 0 Å². The van der Waals surface area contributed by atoms with Gasteiger partial charge in [0.2, 0.25) is 5.91 Å². The Hall–Kier alpha value is -1.14. The van der Waals surface area contributed by atoms with Crippen LogP contribution in [0.25, 0.3) is 0 Å². The quantitative estimate of drug-likeness (QED) is 0.589. The predicted octanol–water partition coefficient (Wildman–Crippen LogP) is -0.526. The summed E-state index contributed by atoms with van der Waals surface area (Å²) in [6.45, 7) is 1.24. The van der Waals surface area contributed by atoms with Gasteiger partial charge in [-0.25, -0.2) is 0 Å². The highest BCUT2D eigenvalue weighted by Crippen LogP contribution is 2.06. The second kappa shape index (κ2) is 6.44. The molecule has 0 saturated carbocycles. The summed E-state index contributed by atoms with van der Waals surface area (Å²) in [5.41, 5.74) is 5.57. The molecule has 1 aliphatic rings. The molecular weight excluding hydrogens is 212 g/mol. The zero-order valence-corrected chi connectivity index (χ0v) is 9.15. The van der Waals surface area contributed by atoms with Gasteiger partial charge in [-0.2, -0.15) is 0 Å². The molecule has 1 rings (SSSR count). The largest absolute Gasteiger partial charge is 0.481 e. The third kappa shape index (κ3) is 4.59. The standard InChI is InChI=1S/C10H18N2O4/c11-8(3-4-9(13)14)10(15)12-7-2-1-5-16-6-7/h7-8H,1-6,11H2,(H,12,15)(H,13,14). The first-order valence-corrected chi connectivity index (χ1v) is 5.45. The third-order valence-electron chi connectivity index (χ3n) is 2.51. The Morgan fingerprint density at radius 1 is 1.56 bits per heavy atom. The van der Waals surface area contributed by atoms with Gasteiger partial charge in [0.05, 0.1) is 18.7 Å². The second-order valence-electron chi connectivity index (χ2n) is 3.96. The van der Waals surface area contributed by atoms with Gasteiger partial charge in [0.25, 0.3) is 0 Å². The van der Waals surface area contributed by atoms with E-state index < -0.39 is 12.0 Å². The molecule has 2 unspecified atom stereocenters. The highest BCUT2D eigenvalue weighted by atomic mass is 16.5. The van der Waals surface area contributed by atoms with Crippen LogP contribution in [0.3, 0.4) is 0 Å². The summed E-state index contributed by atoms with van der Waals surface area (Å²) in [6, 6.07) is -0.741. The van der Waals surface area contributed by atoms with Crippen LogP contribution in [0, 0.1) is 0 Å². The molecule has 4 N–H and O–H groups in total. The van der Waals surface area contributed by atoms with E-state index in [-0.39, 0.29) is 24.8 Å². The average Bonchev–Trinajstić information content (AvgIpc) is 2.27. The number of rotatable bonds is 5. The van der Waals surface area contributed by atoms with E-state index in [0.29, 0.717) is 6.61 Å². The molecule has 6 nitrogen and oxygen atoms in total. The van der Waals surface area contributed by atoms with Crippen molar-refractivity contribution in [1.82, 2.24) is 5.32 Å². The molecule has 0 aliphatic carbocycles. The fourth-order valence-corrected chi connectivity index (χ4v) is 1.57. The van der Waals surface area contributed by atoms with Crippen LogP contribution in [0.1, 0.15) is 25.7 Å². The molecule has 1 fully saturated rings. The van der Waals surface area contributed by atoms with Gasteiger partial charge in [-0.05, 0) is 19.3 Å². The van der Waals surface area contributed by atoms with Crippen LogP contribution >= 0.6 is 0 Å². The zero-order chi connectivity index (χ0) is 12.0. The molecule has 16 heavy (non-hydrogen) atoms. The highest BCUT2D eigenvalue weighted by molar-refractivity contribution is 5.82.